The Morgan fingerprint density at radius 2 is 2.00 bits per heavy atom. The second kappa shape index (κ2) is 5.14. The van der Waals surface area contributed by atoms with Crippen LogP contribution >= 0.6 is 11.6 Å². The lowest BCUT2D eigenvalue weighted by Crippen LogP contribution is -2.03. The zero-order valence-corrected chi connectivity index (χ0v) is 11.8. The number of aromatic nitrogens is 4. The predicted molar refractivity (Wildman–Crippen MR) is 78.7 cm³/mol. The summed E-state index contributed by atoms with van der Waals surface area (Å²) in [5.41, 5.74) is 8.30. The topological polar surface area (TPSA) is 69.6 Å². The van der Waals surface area contributed by atoms with Crippen LogP contribution in [0.15, 0.2) is 36.4 Å². The number of hydrogen-bond acceptors (Lipinski definition) is 4. The van der Waals surface area contributed by atoms with Crippen molar-refractivity contribution >= 4 is 17.3 Å². The van der Waals surface area contributed by atoms with E-state index in [1.165, 1.54) is 22.9 Å². The van der Waals surface area contributed by atoms with Gasteiger partial charge in [0.1, 0.15) is 5.82 Å². The predicted octanol–water partition coefficient (Wildman–Crippen LogP) is 3.01. The van der Waals surface area contributed by atoms with Crippen LogP contribution in [0.5, 0.6) is 0 Å². The highest BCUT2D eigenvalue weighted by Gasteiger charge is 2.16. The lowest BCUT2D eigenvalue weighted by molar-refractivity contribution is 0.628. The molecule has 0 fully saturated rings. The smallest absolute Gasteiger partial charge is 0.189 e. The number of benzene rings is 2. The first kappa shape index (κ1) is 13.5. The van der Waals surface area contributed by atoms with Crippen LogP contribution in [0.4, 0.5) is 10.1 Å². The molecule has 0 aliphatic rings. The van der Waals surface area contributed by atoms with Gasteiger partial charge < -0.3 is 5.73 Å². The van der Waals surface area contributed by atoms with Crippen molar-refractivity contribution in [1.82, 2.24) is 20.2 Å². The van der Waals surface area contributed by atoms with Crippen LogP contribution in [0.1, 0.15) is 5.56 Å². The van der Waals surface area contributed by atoms with E-state index in [9.17, 15) is 4.39 Å². The third-order valence-corrected chi connectivity index (χ3v) is 3.38. The molecule has 0 aliphatic heterocycles. The average Bonchev–Trinajstić information content (AvgIpc) is 2.93. The molecule has 5 nitrogen and oxygen atoms in total. The lowest BCUT2D eigenvalue weighted by atomic mass is 10.1. The van der Waals surface area contributed by atoms with Gasteiger partial charge in [0.2, 0.25) is 0 Å². The fourth-order valence-corrected chi connectivity index (χ4v) is 2.22. The fraction of sp³-hybridized carbons (Fsp3) is 0.0714. The molecule has 7 heteroatoms. The normalized spacial score (nSPS) is 10.8. The molecule has 1 heterocycles. The SMILES string of the molecule is Cc1ccc(Cl)c(-n2nnnc2-c2cc(F)ccc2N)c1. The minimum atomic E-state index is -0.413. The molecule has 0 amide bonds. The summed E-state index contributed by atoms with van der Waals surface area (Å²) in [5, 5.41) is 12.0. The molecule has 21 heavy (non-hydrogen) atoms. The molecule has 0 bridgehead atoms. The second-order valence-corrected chi connectivity index (χ2v) is 5.01. The van der Waals surface area contributed by atoms with Crippen molar-refractivity contribution in [2.45, 2.75) is 6.92 Å². The minimum Gasteiger partial charge on any atom is -0.398 e. The largest absolute Gasteiger partial charge is 0.398 e. The molecule has 0 atom stereocenters. The summed E-state index contributed by atoms with van der Waals surface area (Å²) in [6.45, 7) is 1.93. The molecule has 0 spiro atoms. The quantitative estimate of drug-likeness (QED) is 0.739. The van der Waals surface area contributed by atoms with Gasteiger partial charge in [-0.05, 0) is 53.2 Å². The molecule has 106 valence electrons. The fourth-order valence-electron chi connectivity index (χ4n) is 2.02. The maximum atomic E-state index is 13.5. The van der Waals surface area contributed by atoms with Gasteiger partial charge in [-0.1, -0.05) is 17.7 Å². The first-order valence-corrected chi connectivity index (χ1v) is 6.54. The number of halogens is 2. The number of aryl methyl sites for hydroxylation is 1. The van der Waals surface area contributed by atoms with Crippen molar-refractivity contribution in [3.63, 3.8) is 0 Å². The Morgan fingerprint density at radius 3 is 2.81 bits per heavy atom. The number of hydrogen-bond donors (Lipinski definition) is 1. The third-order valence-electron chi connectivity index (χ3n) is 3.06. The summed E-state index contributed by atoms with van der Waals surface area (Å²) in [5.74, 6) is -0.0800. The number of tetrazole rings is 1. The van der Waals surface area contributed by atoms with Crippen LogP contribution in [0.2, 0.25) is 5.02 Å². The summed E-state index contributed by atoms with van der Waals surface area (Å²) >= 11 is 6.20. The van der Waals surface area contributed by atoms with Crippen molar-refractivity contribution in [3.8, 4) is 17.1 Å². The number of nitrogens with two attached hydrogens (primary N) is 1. The Labute approximate surface area is 125 Å². The van der Waals surface area contributed by atoms with Crippen molar-refractivity contribution < 1.29 is 4.39 Å². The standard InChI is InChI=1S/C14H11ClFN5/c1-8-2-4-11(15)13(6-8)21-14(18-19-20-21)10-7-9(16)3-5-12(10)17/h2-7H,17H2,1H3. The van der Waals surface area contributed by atoms with E-state index in [0.29, 0.717) is 27.8 Å². The number of anilines is 1. The van der Waals surface area contributed by atoms with Gasteiger partial charge in [0.25, 0.3) is 0 Å². The summed E-state index contributed by atoms with van der Waals surface area (Å²) in [6, 6.07) is 9.53. The van der Waals surface area contributed by atoms with Crippen molar-refractivity contribution in [2.24, 2.45) is 0 Å². The van der Waals surface area contributed by atoms with Gasteiger partial charge in [0, 0.05) is 11.3 Å². The summed E-state index contributed by atoms with van der Waals surface area (Å²) in [7, 11) is 0. The first-order chi connectivity index (χ1) is 10.1. The Balaban J connectivity index is 2.22. The van der Waals surface area contributed by atoms with E-state index in [1.54, 1.807) is 6.07 Å². The highest BCUT2D eigenvalue weighted by Crippen LogP contribution is 2.29. The third kappa shape index (κ3) is 2.45. The summed E-state index contributed by atoms with van der Waals surface area (Å²) in [4.78, 5) is 0. The Morgan fingerprint density at radius 1 is 1.19 bits per heavy atom. The van der Waals surface area contributed by atoms with E-state index in [0.717, 1.165) is 5.56 Å². The highest BCUT2D eigenvalue weighted by molar-refractivity contribution is 6.32. The van der Waals surface area contributed by atoms with Gasteiger partial charge in [-0.15, -0.1) is 5.10 Å². The van der Waals surface area contributed by atoms with Gasteiger partial charge in [-0.3, -0.25) is 0 Å². The van der Waals surface area contributed by atoms with E-state index in [-0.39, 0.29) is 0 Å². The minimum absolute atomic E-state index is 0.333. The first-order valence-electron chi connectivity index (χ1n) is 6.16. The summed E-state index contributed by atoms with van der Waals surface area (Å²) in [6.07, 6.45) is 0. The van der Waals surface area contributed by atoms with Crippen LogP contribution in [-0.4, -0.2) is 20.2 Å². The molecule has 2 aromatic carbocycles. The number of nitrogens with zero attached hydrogens (tertiary/aromatic N) is 4. The zero-order valence-electron chi connectivity index (χ0n) is 11.1. The van der Waals surface area contributed by atoms with Gasteiger partial charge in [-0.2, -0.15) is 4.68 Å². The molecule has 3 aromatic rings. The average molecular weight is 304 g/mol. The molecule has 0 aliphatic carbocycles. The van der Waals surface area contributed by atoms with Crippen molar-refractivity contribution in [3.05, 3.63) is 52.8 Å². The van der Waals surface area contributed by atoms with Crippen LogP contribution in [0.25, 0.3) is 17.1 Å². The molecule has 3 rings (SSSR count). The van der Waals surface area contributed by atoms with Gasteiger partial charge in [0.05, 0.1) is 10.7 Å². The maximum Gasteiger partial charge on any atom is 0.189 e. The highest BCUT2D eigenvalue weighted by atomic mass is 35.5. The van der Waals surface area contributed by atoms with Crippen LogP contribution in [0, 0.1) is 12.7 Å². The Kier molecular flexibility index (Phi) is 3.31. The van der Waals surface area contributed by atoms with Crippen LogP contribution in [0.3, 0.4) is 0 Å². The maximum absolute atomic E-state index is 13.5. The van der Waals surface area contributed by atoms with E-state index >= 15 is 0 Å². The Bertz CT molecular complexity index is 749. The van der Waals surface area contributed by atoms with E-state index < -0.39 is 5.82 Å². The summed E-state index contributed by atoms with van der Waals surface area (Å²) < 4.78 is 14.9. The monoisotopic (exact) mass is 303 g/mol. The van der Waals surface area contributed by atoms with Crippen molar-refractivity contribution in [2.75, 3.05) is 5.73 Å². The number of rotatable bonds is 2. The van der Waals surface area contributed by atoms with Gasteiger partial charge in [-0.25, -0.2) is 4.39 Å². The number of nitrogen functional groups attached to an aromatic ring is 1. The zero-order chi connectivity index (χ0) is 15.0. The Hall–Kier alpha value is -2.47. The molecule has 1 aromatic heterocycles. The van der Waals surface area contributed by atoms with Crippen LogP contribution in [-0.2, 0) is 0 Å². The van der Waals surface area contributed by atoms with E-state index in [1.807, 2.05) is 19.1 Å². The van der Waals surface area contributed by atoms with Crippen molar-refractivity contribution in [1.29, 1.82) is 0 Å². The molecular formula is C14H11ClFN5. The molecule has 2 N–H and O–H groups in total. The molecule has 0 saturated heterocycles. The second-order valence-electron chi connectivity index (χ2n) is 4.60. The molecule has 0 radical (unpaired) electrons. The van der Waals surface area contributed by atoms with Gasteiger partial charge in [0.15, 0.2) is 5.82 Å². The van der Waals surface area contributed by atoms with E-state index in [2.05, 4.69) is 15.5 Å². The molecule has 0 unspecified atom stereocenters. The van der Waals surface area contributed by atoms with Gasteiger partial charge >= 0.3 is 0 Å². The molecular weight excluding hydrogens is 293 g/mol. The van der Waals surface area contributed by atoms with Crippen LogP contribution < -0.4 is 5.73 Å². The lowest BCUT2D eigenvalue weighted by Gasteiger charge is -2.09. The van der Waals surface area contributed by atoms with E-state index in [4.69, 9.17) is 17.3 Å². The molecule has 0 saturated carbocycles.